The average Bonchev–Trinajstić information content (AvgIpc) is 2.41. The molecule has 1 N–H and O–H groups in total. The maximum absolute atomic E-state index is 7.53. The summed E-state index contributed by atoms with van der Waals surface area (Å²) in [6.07, 6.45) is 0.879. The molecular weight excluding hydrogens is 232 g/mol. The van der Waals surface area contributed by atoms with Crippen molar-refractivity contribution in [2.75, 3.05) is 0 Å². The number of fused-ring (bicyclic) bond motifs is 1. The van der Waals surface area contributed by atoms with E-state index in [2.05, 4.69) is 29.2 Å². The van der Waals surface area contributed by atoms with Gasteiger partial charge in [-0.1, -0.05) is 30.3 Å². The third-order valence-electron chi connectivity index (χ3n) is 3.28. The molecule has 0 spiro atoms. The molecule has 0 unspecified atom stereocenters. The van der Waals surface area contributed by atoms with Crippen LogP contribution in [-0.4, -0.2) is 4.98 Å². The van der Waals surface area contributed by atoms with Gasteiger partial charge in [0, 0.05) is 11.1 Å². The summed E-state index contributed by atoms with van der Waals surface area (Å²) in [5, 5.41) is 1.21. The van der Waals surface area contributed by atoms with E-state index >= 15 is 0 Å². The van der Waals surface area contributed by atoms with Crippen LogP contribution >= 0.6 is 0 Å². The van der Waals surface area contributed by atoms with Crippen molar-refractivity contribution < 1.29 is 0 Å². The van der Waals surface area contributed by atoms with Gasteiger partial charge in [-0.05, 0) is 48.7 Å². The highest BCUT2D eigenvalue weighted by Crippen LogP contribution is 2.21. The lowest BCUT2D eigenvalue weighted by Gasteiger charge is -2.08. The molecule has 0 fully saturated rings. The van der Waals surface area contributed by atoms with Crippen LogP contribution < -0.4 is 5.73 Å². The molecule has 0 aliphatic rings. The second kappa shape index (κ2) is 4.73. The first kappa shape index (κ1) is 11.7. The number of nitrogens with one attached hydrogen (secondary N) is 1. The highest BCUT2D eigenvalue weighted by Gasteiger charge is 2.04. The van der Waals surface area contributed by atoms with Crippen molar-refractivity contribution in [3.63, 3.8) is 0 Å². The number of benzene rings is 2. The smallest absolute Gasteiger partial charge is 0.0708 e. The van der Waals surface area contributed by atoms with Crippen LogP contribution in [0.1, 0.15) is 16.8 Å². The van der Waals surface area contributed by atoms with Gasteiger partial charge < -0.3 is 5.73 Å². The van der Waals surface area contributed by atoms with Gasteiger partial charge in [0.05, 0.1) is 11.2 Å². The van der Waals surface area contributed by atoms with Crippen LogP contribution in [0.5, 0.6) is 0 Å². The fraction of sp³-hybridized carbons (Fsp3) is 0.118. The van der Waals surface area contributed by atoms with Crippen molar-refractivity contribution in [1.29, 1.82) is 0 Å². The summed E-state index contributed by atoms with van der Waals surface area (Å²) in [5.41, 5.74) is 12.7. The van der Waals surface area contributed by atoms with Crippen molar-refractivity contribution in [3.05, 3.63) is 71.4 Å². The summed E-state index contributed by atoms with van der Waals surface area (Å²) in [6.45, 7) is 2.03. The molecule has 93 valence electrons. The fourth-order valence-electron chi connectivity index (χ4n) is 2.38. The molecule has 0 saturated heterocycles. The largest absolute Gasteiger partial charge is 0.301 e. The normalized spacial score (nSPS) is 10.8. The number of hydrogen-bond donors (Lipinski definition) is 0. The highest BCUT2D eigenvalue weighted by atomic mass is 14.7. The number of nitrogens with zero attached hydrogens (tertiary/aromatic N) is 1. The van der Waals surface area contributed by atoms with Crippen LogP contribution in [0.4, 0.5) is 5.69 Å². The van der Waals surface area contributed by atoms with Crippen LogP contribution in [0.2, 0.25) is 0 Å². The molecule has 1 heterocycles. The third-order valence-corrected chi connectivity index (χ3v) is 3.28. The molecule has 3 aromatic rings. The molecule has 2 nitrogen and oxygen atoms in total. The Morgan fingerprint density at radius 2 is 1.74 bits per heavy atom. The molecule has 19 heavy (non-hydrogen) atoms. The summed E-state index contributed by atoms with van der Waals surface area (Å²) in [5.74, 6) is 0. The van der Waals surface area contributed by atoms with Gasteiger partial charge in [0.2, 0.25) is 0 Å². The van der Waals surface area contributed by atoms with E-state index in [0.717, 1.165) is 17.6 Å². The minimum absolute atomic E-state index is 0.555. The summed E-state index contributed by atoms with van der Waals surface area (Å²) in [4.78, 5) is 4.56. The molecule has 1 radical (unpaired) electrons. The number of hydrogen-bond acceptors (Lipinski definition) is 1. The summed E-state index contributed by atoms with van der Waals surface area (Å²) >= 11 is 0. The summed E-state index contributed by atoms with van der Waals surface area (Å²) < 4.78 is 0. The lowest BCUT2D eigenvalue weighted by molar-refractivity contribution is 1.16. The first-order chi connectivity index (χ1) is 9.22. The van der Waals surface area contributed by atoms with Gasteiger partial charge in [-0.3, -0.25) is 4.98 Å². The Morgan fingerprint density at radius 3 is 2.53 bits per heavy atom. The third kappa shape index (κ3) is 2.43. The monoisotopic (exact) mass is 247 g/mol. The van der Waals surface area contributed by atoms with Gasteiger partial charge >= 0.3 is 0 Å². The number of aryl methyl sites for hydroxylation is 1. The SMILES string of the molecule is Cc1cc(Cc2ccc([NH])cc2)c2ccccc2n1. The average molecular weight is 247 g/mol. The molecule has 0 atom stereocenters. The van der Waals surface area contributed by atoms with Crippen molar-refractivity contribution in [3.8, 4) is 0 Å². The van der Waals surface area contributed by atoms with Crippen molar-refractivity contribution >= 4 is 16.6 Å². The summed E-state index contributed by atoms with van der Waals surface area (Å²) in [7, 11) is 0. The van der Waals surface area contributed by atoms with E-state index in [9.17, 15) is 0 Å². The molecule has 0 saturated carbocycles. The Bertz CT molecular complexity index is 715. The van der Waals surface area contributed by atoms with E-state index in [1.165, 1.54) is 16.5 Å². The zero-order valence-corrected chi connectivity index (χ0v) is 10.9. The molecule has 0 bridgehead atoms. The zero-order valence-electron chi connectivity index (χ0n) is 10.9. The maximum Gasteiger partial charge on any atom is 0.0708 e. The van der Waals surface area contributed by atoms with Crippen LogP contribution in [-0.2, 0) is 6.42 Å². The Kier molecular flexibility index (Phi) is 2.92. The fourth-order valence-corrected chi connectivity index (χ4v) is 2.38. The van der Waals surface area contributed by atoms with Gasteiger partial charge in [-0.2, -0.15) is 0 Å². The van der Waals surface area contributed by atoms with E-state index in [1.807, 2.05) is 37.3 Å². The number of pyridine rings is 1. The maximum atomic E-state index is 7.53. The van der Waals surface area contributed by atoms with Gasteiger partial charge in [-0.25, -0.2) is 0 Å². The molecule has 2 heteroatoms. The summed E-state index contributed by atoms with van der Waals surface area (Å²) in [6, 6.07) is 18.1. The van der Waals surface area contributed by atoms with Gasteiger partial charge in [0.25, 0.3) is 0 Å². The van der Waals surface area contributed by atoms with Crippen LogP contribution in [0.15, 0.2) is 54.6 Å². The van der Waals surface area contributed by atoms with Crippen molar-refractivity contribution in [1.82, 2.24) is 10.7 Å². The zero-order chi connectivity index (χ0) is 13.2. The van der Waals surface area contributed by atoms with E-state index in [4.69, 9.17) is 5.73 Å². The molecule has 0 aliphatic heterocycles. The minimum atomic E-state index is 0.555. The Labute approximate surface area is 112 Å². The van der Waals surface area contributed by atoms with Crippen LogP contribution in [0, 0.1) is 6.92 Å². The molecule has 1 aromatic heterocycles. The van der Waals surface area contributed by atoms with Gasteiger partial charge in [-0.15, -0.1) is 0 Å². The van der Waals surface area contributed by atoms with Crippen LogP contribution in [0.3, 0.4) is 0 Å². The Morgan fingerprint density at radius 1 is 1.00 bits per heavy atom. The molecule has 2 aromatic carbocycles. The molecule has 3 rings (SSSR count). The second-order valence-corrected chi connectivity index (χ2v) is 4.81. The standard InChI is InChI=1S/C17H15N2/c1-12-10-14(11-13-6-8-15(18)9-7-13)16-4-2-3-5-17(16)19-12/h2-10,18H,11H2,1H3. The quantitative estimate of drug-likeness (QED) is 0.673. The van der Waals surface area contributed by atoms with E-state index in [1.54, 1.807) is 0 Å². The Balaban J connectivity index is 2.07. The lowest BCUT2D eigenvalue weighted by Crippen LogP contribution is -1.93. The van der Waals surface area contributed by atoms with Crippen molar-refractivity contribution in [2.24, 2.45) is 0 Å². The number of rotatable bonds is 2. The highest BCUT2D eigenvalue weighted by molar-refractivity contribution is 5.82. The topological polar surface area (TPSA) is 36.7 Å². The van der Waals surface area contributed by atoms with E-state index in [-0.39, 0.29) is 0 Å². The lowest BCUT2D eigenvalue weighted by atomic mass is 10.00. The minimum Gasteiger partial charge on any atom is -0.301 e. The Hall–Kier alpha value is -2.35. The molecule has 0 amide bonds. The first-order valence-corrected chi connectivity index (χ1v) is 6.38. The van der Waals surface area contributed by atoms with Gasteiger partial charge in [0.1, 0.15) is 0 Å². The van der Waals surface area contributed by atoms with Gasteiger partial charge in [0.15, 0.2) is 0 Å². The first-order valence-electron chi connectivity index (χ1n) is 6.38. The van der Waals surface area contributed by atoms with Crippen molar-refractivity contribution in [2.45, 2.75) is 13.3 Å². The molecular formula is C17H15N2. The van der Waals surface area contributed by atoms with E-state index in [0.29, 0.717) is 5.69 Å². The number of para-hydroxylation sites is 1. The predicted molar refractivity (Wildman–Crippen MR) is 78.5 cm³/mol. The second-order valence-electron chi connectivity index (χ2n) is 4.81. The molecule has 0 aliphatic carbocycles. The number of aromatic nitrogens is 1. The van der Waals surface area contributed by atoms with E-state index < -0.39 is 0 Å². The predicted octanol–water partition coefficient (Wildman–Crippen LogP) is 4.05. The van der Waals surface area contributed by atoms with Crippen LogP contribution in [0.25, 0.3) is 10.9 Å².